The Morgan fingerprint density at radius 2 is 2.13 bits per heavy atom. The van der Waals surface area contributed by atoms with Gasteiger partial charge in [0.1, 0.15) is 0 Å². The summed E-state index contributed by atoms with van der Waals surface area (Å²) in [4.78, 5) is 13.8. The van der Waals surface area contributed by atoms with Crippen molar-refractivity contribution in [3.63, 3.8) is 0 Å². The first-order valence-electron chi connectivity index (χ1n) is 5.74. The molecule has 1 amide bonds. The monoisotopic (exact) mass is 214 g/mol. The van der Waals surface area contributed by atoms with Crippen LogP contribution in [0.25, 0.3) is 0 Å². The summed E-state index contributed by atoms with van der Waals surface area (Å²) in [5, 5.41) is 8.94. The second kappa shape index (κ2) is 5.47. The van der Waals surface area contributed by atoms with E-state index in [0.717, 1.165) is 12.8 Å². The minimum atomic E-state index is -0.433. The lowest BCUT2D eigenvalue weighted by Gasteiger charge is -2.39. The fourth-order valence-electron chi connectivity index (χ4n) is 1.76. The summed E-state index contributed by atoms with van der Waals surface area (Å²) >= 11 is 0. The first kappa shape index (κ1) is 12.5. The maximum Gasteiger partial charge on any atom is 0.240 e. The van der Waals surface area contributed by atoms with Crippen LogP contribution in [0.2, 0.25) is 0 Å². The number of rotatable bonds is 5. The van der Waals surface area contributed by atoms with E-state index in [1.165, 1.54) is 6.42 Å². The topological polar surface area (TPSA) is 66.6 Å². The lowest BCUT2D eigenvalue weighted by Crippen LogP contribution is -2.53. The van der Waals surface area contributed by atoms with E-state index < -0.39 is 6.04 Å². The molecule has 0 aromatic carbocycles. The van der Waals surface area contributed by atoms with Crippen molar-refractivity contribution in [1.29, 1.82) is 0 Å². The molecule has 1 aliphatic carbocycles. The van der Waals surface area contributed by atoms with Crippen LogP contribution in [0.1, 0.15) is 33.1 Å². The summed E-state index contributed by atoms with van der Waals surface area (Å²) < 4.78 is 0. The Hall–Kier alpha value is -0.610. The van der Waals surface area contributed by atoms with E-state index in [1.54, 1.807) is 4.90 Å². The summed E-state index contributed by atoms with van der Waals surface area (Å²) in [5.41, 5.74) is 5.83. The van der Waals surface area contributed by atoms with Crippen molar-refractivity contribution in [2.45, 2.75) is 45.2 Å². The smallest absolute Gasteiger partial charge is 0.240 e. The molecule has 0 heterocycles. The lowest BCUT2D eigenvalue weighted by molar-refractivity contribution is -0.138. The van der Waals surface area contributed by atoms with Gasteiger partial charge < -0.3 is 15.7 Å². The van der Waals surface area contributed by atoms with Crippen LogP contribution in [0.3, 0.4) is 0 Å². The number of aliphatic hydroxyl groups is 1. The Morgan fingerprint density at radius 1 is 1.53 bits per heavy atom. The zero-order chi connectivity index (χ0) is 11.4. The fourth-order valence-corrected chi connectivity index (χ4v) is 1.76. The van der Waals surface area contributed by atoms with Crippen LogP contribution in [0.5, 0.6) is 0 Å². The van der Waals surface area contributed by atoms with Crippen molar-refractivity contribution in [2.75, 3.05) is 13.2 Å². The van der Waals surface area contributed by atoms with Gasteiger partial charge in [0.25, 0.3) is 0 Å². The highest BCUT2D eigenvalue weighted by molar-refractivity contribution is 5.82. The maximum atomic E-state index is 12.0. The molecule has 1 fully saturated rings. The molecular weight excluding hydrogens is 192 g/mol. The molecule has 88 valence electrons. The molecule has 0 aromatic rings. The van der Waals surface area contributed by atoms with E-state index in [2.05, 4.69) is 0 Å². The molecule has 0 radical (unpaired) electrons. The zero-order valence-electron chi connectivity index (χ0n) is 9.65. The molecule has 0 bridgehead atoms. The zero-order valence-corrected chi connectivity index (χ0v) is 9.65. The quantitative estimate of drug-likeness (QED) is 0.693. The van der Waals surface area contributed by atoms with Gasteiger partial charge in [0.05, 0.1) is 12.6 Å². The number of carbonyl (C=O) groups is 1. The minimum absolute atomic E-state index is 0.0104. The first-order valence-corrected chi connectivity index (χ1v) is 5.74. The average Bonchev–Trinajstić information content (AvgIpc) is 2.12. The first-order chi connectivity index (χ1) is 7.07. The maximum absolute atomic E-state index is 12.0. The van der Waals surface area contributed by atoms with Gasteiger partial charge in [-0.05, 0) is 25.2 Å². The summed E-state index contributed by atoms with van der Waals surface area (Å²) in [6, 6.07) is -0.119. The molecule has 1 rings (SSSR count). The second-order valence-corrected chi connectivity index (χ2v) is 4.61. The van der Waals surface area contributed by atoms with E-state index in [0.29, 0.717) is 12.6 Å². The number of aliphatic hydroxyl groups excluding tert-OH is 1. The average molecular weight is 214 g/mol. The van der Waals surface area contributed by atoms with Crippen molar-refractivity contribution in [2.24, 2.45) is 11.7 Å². The van der Waals surface area contributed by atoms with Crippen LogP contribution in [0, 0.1) is 5.92 Å². The molecule has 1 aliphatic rings. The third-order valence-electron chi connectivity index (χ3n) is 3.14. The van der Waals surface area contributed by atoms with Crippen molar-refractivity contribution >= 4 is 5.91 Å². The van der Waals surface area contributed by atoms with Crippen molar-refractivity contribution in [1.82, 2.24) is 4.90 Å². The van der Waals surface area contributed by atoms with Gasteiger partial charge in [0, 0.05) is 12.6 Å². The Labute approximate surface area is 91.4 Å². The normalized spacial score (nSPS) is 18.7. The molecule has 1 saturated carbocycles. The standard InChI is InChI=1S/C11H22N2O2/c1-8(2)10(12)11(15)13(6-7-14)9-4-3-5-9/h8-10,14H,3-7,12H2,1-2H3/t10-/m1/s1. The van der Waals surface area contributed by atoms with Gasteiger partial charge in [-0.15, -0.1) is 0 Å². The number of hydrogen-bond acceptors (Lipinski definition) is 3. The summed E-state index contributed by atoms with van der Waals surface area (Å²) in [7, 11) is 0. The minimum Gasteiger partial charge on any atom is -0.395 e. The summed E-state index contributed by atoms with van der Waals surface area (Å²) in [5.74, 6) is 0.141. The van der Waals surface area contributed by atoms with Crippen LogP contribution in [0.4, 0.5) is 0 Å². The van der Waals surface area contributed by atoms with Crippen LogP contribution < -0.4 is 5.73 Å². The van der Waals surface area contributed by atoms with E-state index >= 15 is 0 Å². The molecule has 4 heteroatoms. The SMILES string of the molecule is CC(C)[C@@H](N)C(=O)N(CCO)C1CCC1. The fraction of sp³-hybridized carbons (Fsp3) is 0.909. The Balaban J connectivity index is 2.57. The van der Waals surface area contributed by atoms with Gasteiger partial charge in [-0.3, -0.25) is 4.79 Å². The van der Waals surface area contributed by atoms with E-state index in [9.17, 15) is 4.79 Å². The number of carbonyl (C=O) groups excluding carboxylic acids is 1. The van der Waals surface area contributed by atoms with Crippen LogP contribution in [-0.2, 0) is 4.79 Å². The summed E-state index contributed by atoms with van der Waals surface area (Å²) in [6.07, 6.45) is 3.28. The highest BCUT2D eigenvalue weighted by atomic mass is 16.3. The Morgan fingerprint density at radius 3 is 2.47 bits per heavy atom. The molecule has 0 aromatic heterocycles. The van der Waals surface area contributed by atoms with E-state index in [1.807, 2.05) is 13.8 Å². The molecular formula is C11H22N2O2. The third-order valence-corrected chi connectivity index (χ3v) is 3.14. The molecule has 0 spiro atoms. The molecule has 4 nitrogen and oxygen atoms in total. The number of hydrogen-bond donors (Lipinski definition) is 2. The number of amides is 1. The van der Waals surface area contributed by atoms with Gasteiger partial charge >= 0.3 is 0 Å². The van der Waals surface area contributed by atoms with E-state index in [4.69, 9.17) is 10.8 Å². The van der Waals surface area contributed by atoms with Gasteiger partial charge in [-0.2, -0.15) is 0 Å². The molecule has 1 atom stereocenters. The predicted octanol–water partition coefficient (Wildman–Crippen LogP) is 0.343. The lowest BCUT2D eigenvalue weighted by atomic mass is 9.90. The van der Waals surface area contributed by atoms with Crippen molar-refractivity contribution in [3.8, 4) is 0 Å². The second-order valence-electron chi connectivity index (χ2n) is 4.61. The molecule has 0 aliphatic heterocycles. The molecule has 15 heavy (non-hydrogen) atoms. The summed E-state index contributed by atoms with van der Waals surface area (Å²) in [6.45, 7) is 4.33. The predicted molar refractivity (Wildman–Crippen MR) is 59.3 cm³/mol. The van der Waals surface area contributed by atoms with Crippen molar-refractivity contribution in [3.05, 3.63) is 0 Å². The molecule has 0 saturated heterocycles. The van der Waals surface area contributed by atoms with Crippen LogP contribution >= 0.6 is 0 Å². The third kappa shape index (κ3) is 2.92. The Bertz CT molecular complexity index is 215. The van der Waals surface area contributed by atoms with E-state index in [-0.39, 0.29) is 18.4 Å². The van der Waals surface area contributed by atoms with Crippen LogP contribution in [-0.4, -0.2) is 41.1 Å². The van der Waals surface area contributed by atoms with Gasteiger partial charge in [0.2, 0.25) is 5.91 Å². The molecule has 3 N–H and O–H groups in total. The molecule has 0 unspecified atom stereocenters. The van der Waals surface area contributed by atoms with Gasteiger partial charge in [-0.1, -0.05) is 13.8 Å². The highest BCUT2D eigenvalue weighted by Crippen LogP contribution is 2.25. The van der Waals surface area contributed by atoms with Crippen molar-refractivity contribution < 1.29 is 9.90 Å². The number of nitrogens with two attached hydrogens (primary N) is 1. The largest absolute Gasteiger partial charge is 0.395 e. The Kier molecular flexibility index (Phi) is 4.54. The van der Waals surface area contributed by atoms with Gasteiger partial charge in [-0.25, -0.2) is 0 Å². The number of nitrogens with zero attached hydrogens (tertiary/aromatic N) is 1. The van der Waals surface area contributed by atoms with Crippen LogP contribution in [0.15, 0.2) is 0 Å². The highest BCUT2D eigenvalue weighted by Gasteiger charge is 2.31. The van der Waals surface area contributed by atoms with Gasteiger partial charge in [0.15, 0.2) is 0 Å².